The quantitative estimate of drug-likeness (QED) is 0.592. The molecule has 0 radical (unpaired) electrons. The Balaban J connectivity index is 1.34. The summed E-state index contributed by atoms with van der Waals surface area (Å²) in [7, 11) is 0. The lowest BCUT2D eigenvalue weighted by Gasteiger charge is -2.31. The van der Waals surface area contributed by atoms with Gasteiger partial charge in [-0.2, -0.15) is 0 Å². The third kappa shape index (κ3) is 3.91. The molecule has 4 rings (SSSR count). The van der Waals surface area contributed by atoms with Crippen molar-refractivity contribution >= 4 is 34.1 Å². The zero-order valence-electron chi connectivity index (χ0n) is 15.6. The summed E-state index contributed by atoms with van der Waals surface area (Å²) < 4.78 is 26.7. The molecule has 1 aromatic heterocycles. The Morgan fingerprint density at radius 3 is 2.76 bits per heavy atom. The first kappa shape index (κ1) is 18.9. The van der Waals surface area contributed by atoms with E-state index in [1.807, 2.05) is 12.1 Å². The number of rotatable bonds is 4. The summed E-state index contributed by atoms with van der Waals surface area (Å²) in [5.41, 5.74) is 2.98. The number of benzene rings is 2. The molecule has 0 fully saturated rings. The highest BCUT2D eigenvalue weighted by Crippen LogP contribution is 2.26. The van der Waals surface area contributed by atoms with Crippen molar-refractivity contribution in [1.29, 1.82) is 0 Å². The number of para-hydroxylation sites is 1. The number of aromatic amines is 1. The Hall–Kier alpha value is -3.42. The molecule has 0 saturated heterocycles. The van der Waals surface area contributed by atoms with Crippen molar-refractivity contribution < 1.29 is 18.4 Å². The second-order valence-electron chi connectivity index (χ2n) is 6.94. The molecule has 3 aromatic rings. The molecule has 0 atom stereocenters. The van der Waals surface area contributed by atoms with Gasteiger partial charge in [-0.05, 0) is 30.5 Å². The number of nitrogens with zero attached hydrogens (tertiary/aromatic N) is 1. The number of aromatic nitrogens is 1. The number of aryl methyl sites for hydroxylation is 1. The fraction of sp³-hybridized carbons (Fsp3) is 0.238. The van der Waals surface area contributed by atoms with Gasteiger partial charge in [-0.25, -0.2) is 8.78 Å². The molecule has 2 heterocycles. The van der Waals surface area contributed by atoms with Crippen LogP contribution in [-0.4, -0.2) is 36.4 Å². The van der Waals surface area contributed by atoms with Crippen LogP contribution in [0.4, 0.5) is 20.2 Å². The van der Waals surface area contributed by atoms with Crippen molar-refractivity contribution in [2.45, 2.75) is 12.8 Å². The van der Waals surface area contributed by atoms with E-state index in [-0.39, 0.29) is 11.1 Å². The second-order valence-corrected chi connectivity index (χ2v) is 6.94. The number of amides is 2. The van der Waals surface area contributed by atoms with Crippen LogP contribution in [0.15, 0.2) is 42.6 Å². The third-order valence-corrected chi connectivity index (χ3v) is 5.05. The number of nitrogens with one attached hydrogen (secondary N) is 3. The summed E-state index contributed by atoms with van der Waals surface area (Å²) in [5, 5.41) is 5.32. The summed E-state index contributed by atoms with van der Waals surface area (Å²) in [6, 6.07) is 10.1. The number of halogens is 2. The lowest BCUT2D eigenvalue weighted by Crippen LogP contribution is -2.41. The maximum atomic E-state index is 13.5. The summed E-state index contributed by atoms with van der Waals surface area (Å²) in [6.45, 7) is 1.80. The molecule has 0 saturated carbocycles. The minimum Gasteiger partial charge on any atom is -0.370 e. The van der Waals surface area contributed by atoms with Gasteiger partial charge in [-0.15, -0.1) is 0 Å². The van der Waals surface area contributed by atoms with Crippen LogP contribution in [0.25, 0.3) is 10.9 Å². The summed E-state index contributed by atoms with van der Waals surface area (Å²) in [4.78, 5) is 29.2. The van der Waals surface area contributed by atoms with Gasteiger partial charge in [0.15, 0.2) is 11.6 Å². The maximum Gasteiger partial charge on any atom is 0.313 e. The lowest BCUT2D eigenvalue weighted by molar-refractivity contribution is -0.136. The monoisotopic (exact) mass is 398 g/mol. The van der Waals surface area contributed by atoms with Crippen molar-refractivity contribution in [1.82, 2.24) is 10.3 Å². The van der Waals surface area contributed by atoms with Gasteiger partial charge in [-0.3, -0.25) is 9.59 Å². The van der Waals surface area contributed by atoms with E-state index in [0.29, 0.717) is 18.6 Å². The minimum atomic E-state index is -1.03. The molecule has 0 spiro atoms. The third-order valence-electron chi connectivity index (χ3n) is 5.05. The largest absolute Gasteiger partial charge is 0.370 e. The Bertz CT molecular complexity index is 1080. The number of fused-ring (bicyclic) bond motifs is 2. The molecule has 150 valence electrons. The molecule has 2 aromatic carbocycles. The van der Waals surface area contributed by atoms with E-state index in [9.17, 15) is 18.4 Å². The fourth-order valence-electron chi connectivity index (χ4n) is 3.63. The average Bonchev–Trinajstić information content (AvgIpc) is 3.09. The van der Waals surface area contributed by atoms with Crippen molar-refractivity contribution in [2.24, 2.45) is 0 Å². The molecular formula is C21H20F2N4O2. The first-order valence-electron chi connectivity index (χ1n) is 9.41. The van der Waals surface area contributed by atoms with Crippen LogP contribution in [0.2, 0.25) is 0 Å². The van der Waals surface area contributed by atoms with Gasteiger partial charge in [0.2, 0.25) is 0 Å². The van der Waals surface area contributed by atoms with Crippen molar-refractivity contribution in [3.05, 3.63) is 59.8 Å². The van der Waals surface area contributed by atoms with E-state index in [4.69, 9.17) is 0 Å². The van der Waals surface area contributed by atoms with Crippen LogP contribution in [-0.2, 0) is 16.0 Å². The Kier molecular flexibility index (Phi) is 5.16. The van der Waals surface area contributed by atoms with Crippen LogP contribution in [0.5, 0.6) is 0 Å². The molecule has 1 aliphatic rings. The highest BCUT2D eigenvalue weighted by Gasteiger charge is 2.19. The highest BCUT2D eigenvalue weighted by molar-refractivity contribution is 6.40. The molecule has 2 amide bonds. The molecule has 0 bridgehead atoms. The van der Waals surface area contributed by atoms with Gasteiger partial charge in [0.05, 0.1) is 11.2 Å². The molecule has 29 heavy (non-hydrogen) atoms. The predicted octanol–water partition coefficient (Wildman–Crippen LogP) is 2.95. The van der Waals surface area contributed by atoms with E-state index in [1.54, 1.807) is 0 Å². The zero-order valence-corrected chi connectivity index (χ0v) is 15.6. The van der Waals surface area contributed by atoms with E-state index in [1.165, 1.54) is 11.8 Å². The van der Waals surface area contributed by atoms with Crippen LogP contribution < -0.4 is 15.5 Å². The number of H-pyrrole nitrogens is 1. The lowest BCUT2D eigenvalue weighted by atomic mass is 10.0. The summed E-state index contributed by atoms with van der Waals surface area (Å²) in [6.07, 6.45) is 3.47. The Morgan fingerprint density at radius 2 is 1.90 bits per heavy atom. The minimum absolute atomic E-state index is 0.212. The van der Waals surface area contributed by atoms with Gasteiger partial charge in [-0.1, -0.05) is 18.2 Å². The molecule has 3 N–H and O–H groups in total. The molecular weight excluding hydrogens is 378 g/mol. The van der Waals surface area contributed by atoms with Crippen LogP contribution in [0.1, 0.15) is 12.0 Å². The smallest absolute Gasteiger partial charge is 0.313 e. The van der Waals surface area contributed by atoms with Crippen molar-refractivity contribution in [3.63, 3.8) is 0 Å². The van der Waals surface area contributed by atoms with Gasteiger partial charge in [0.25, 0.3) is 0 Å². The van der Waals surface area contributed by atoms with Gasteiger partial charge in [0, 0.05) is 43.0 Å². The van der Waals surface area contributed by atoms with E-state index in [0.717, 1.165) is 37.2 Å². The molecule has 0 unspecified atom stereocenters. The number of carbonyl (C=O) groups is 2. The van der Waals surface area contributed by atoms with Gasteiger partial charge in [0.1, 0.15) is 0 Å². The summed E-state index contributed by atoms with van der Waals surface area (Å²) >= 11 is 0. The Morgan fingerprint density at radius 1 is 1.10 bits per heavy atom. The summed E-state index contributed by atoms with van der Waals surface area (Å²) in [5.74, 6) is -3.67. The first-order valence-corrected chi connectivity index (χ1v) is 9.41. The standard InChI is InChI=1S/C21H20F2N4O2/c22-15-10-14-17(11-16(15)23)25-12-18(14)26-21(29)20(28)24-7-9-27-8-3-5-13-4-1-2-6-19(13)27/h1-2,4,6,10-12,25H,3,5,7-9H2,(H,24,28)(H,26,29). The maximum absolute atomic E-state index is 13.5. The van der Waals surface area contributed by atoms with E-state index in [2.05, 4.69) is 32.7 Å². The predicted molar refractivity (Wildman–Crippen MR) is 107 cm³/mol. The highest BCUT2D eigenvalue weighted by atomic mass is 19.2. The second kappa shape index (κ2) is 7.90. The fourth-order valence-corrected chi connectivity index (χ4v) is 3.63. The zero-order chi connectivity index (χ0) is 20.4. The normalized spacial score (nSPS) is 13.2. The molecule has 0 aliphatic carbocycles. The molecule has 1 aliphatic heterocycles. The number of hydrogen-bond donors (Lipinski definition) is 3. The molecule has 6 nitrogen and oxygen atoms in total. The van der Waals surface area contributed by atoms with Gasteiger partial charge >= 0.3 is 11.8 Å². The average molecular weight is 398 g/mol. The van der Waals surface area contributed by atoms with Crippen LogP contribution >= 0.6 is 0 Å². The van der Waals surface area contributed by atoms with E-state index >= 15 is 0 Å². The van der Waals surface area contributed by atoms with Crippen molar-refractivity contribution in [2.75, 3.05) is 29.9 Å². The van der Waals surface area contributed by atoms with Crippen LogP contribution in [0, 0.1) is 11.6 Å². The number of anilines is 2. The Labute approximate surface area is 165 Å². The van der Waals surface area contributed by atoms with Gasteiger partial charge < -0.3 is 20.5 Å². The number of hydrogen-bond acceptors (Lipinski definition) is 3. The SMILES string of the molecule is O=C(NCCN1CCCc2ccccc21)C(=O)Nc1c[nH]c2cc(F)c(F)cc12. The number of carbonyl (C=O) groups excluding carboxylic acids is 2. The molecule has 8 heteroatoms. The first-order chi connectivity index (χ1) is 14.0. The topological polar surface area (TPSA) is 77.2 Å². The van der Waals surface area contributed by atoms with E-state index < -0.39 is 23.4 Å². The van der Waals surface area contributed by atoms with Crippen molar-refractivity contribution in [3.8, 4) is 0 Å². The van der Waals surface area contributed by atoms with Crippen LogP contribution in [0.3, 0.4) is 0 Å².